The molecule has 1 heteroatoms. The highest BCUT2D eigenvalue weighted by Crippen LogP contribution is 2.41. The van der Waals surface area contributed by atoms with Crippen LogP contribution >= 0.6 is 0 Å². The Morgan fingerprint density at radius 3 is 1.80 bits per heavy atom. The Kier molecular flexibility index (Phi) is 11.2. The van der Waals surface area contributed by atoms with Gasteiger partial charge in [-0.1, -0.05) is 78.1 Å². The van der Waals surface area contributed by atoms with E-state index in [1.807, 2.05) is 0 Å². The molecule has 0 N–H and O–H groups in total. The van der Waals surface area contributed by atoms with E-state index in [4.69, 9.17) is 4.74 Å². The van der Waals surface area contributed by atoms with Crippen LogP contribution in [0, 0.1) is 17.8 Å². The van der Waals surface area contributed by atoms with E-state index >= 15 is 0 Å². The molecule has 0 spiro atoms. The van der Waals surface area contributed by atoms with E-state index in [1.54, 1.807) is 0 Å². The first kappa shape index (κ1) is 21.3. The molecular weight excluding hydrogens is 304 g/mol. The van der Waals surface area contributed by atoms with Crippen LogP contribution in [0.5, 0.6) is 0 Å². The Morgan fingerprint density at radius 1 is 0.600 bits per heavy atom. The second-order valence-electron chi connectivity index (χ2n) is 9.10. The molecule has 2 saturated carbocycles. The summed E-state index contributed by atoms with van der Waals surface area (Å²) >= 11 is 0. The Balaban J connectivity index is 1.51. The van der Waals surface area contributed by atoms with Crippen LogP contribution in [0.2, 0.25) is 0 Å². The lowest BCUT2D eigenvalue weighted by atomic mass is 9.70. The number of ether oxygens (including phenoxy) is 1. The molecule has 0 amide bonds. The minimum absolute atomic E-state index is 0.591. The lowest BCUT2D eigenvalue weighted by Gasteiger charge is -2.38. The van der Waals surface area contributed by atoms with Gasteiger partial charge in [-0.2, -0.15) is 0 Å². The molecule has 0 aromatic rings. The van der Waals surface area contributed by atoms with Gasteiger partial charge in [-0.25, -0.2) is 0 Å². The largest absolute Gasteiger partial charge is 0.378 e. The molecule has 2 aliphatic rings. The average Bonchev–Trinajstić information content (AvgIpc) is 2.66. The Morgan fingerprint density at radius 2 is 1.16 bits per heavy atom. The second-order valence-corrected chi connectivity index (χ2v) is 9.10. The molecule has 0 atom stereocenters. The maximum Gasteiger partial charge on any atom is 0.0575 e. The summed E-state index contributed by atoms with van der Waals surface area (Å²) in [6.07, 6.45) is 24.9. The van der Waals surface area contributed by atoms with Crippen LogP contribution in [0.1, 0.15) is 123 Å². The van der Waals surface area contributed by atoms with Crippen molar-refractivity contribution in [3.63, 3.8) is 0 Å². The normalized spacial score (nSPS) is 30.5. The highest BCUT2D eigenvalue weighted by atomic mass is 16.5. The predicted molar refractivity (Wildman–Crippen MR) is 110 cm³/mol. The first-order valence-corrected chi connectivity index (χ1v) is 11.9. The van der Waals surface area contributed by atoms with Crippen LogP contribution in [-0.4, -0.2) is 12.7 Å². The van der Waals surface area contributed by atoms with E-state index in [2.05, 4.69) is 13.8 Å². The van der Waals surface area contributed by atoms with Crippen LogP contribution in [-0.2, 0) is 4.74 Å². The summed E-state index contributed by atoms with van der Waals surface area (Å²) < 4.78 is 6.17. The molecule has 0 bridgehead atoms. The van der Waals surface area contributed by atoms with Crippen molar-refractivity contribution >= 4 is 0 Å². The zero-order chi connectivity index (χ0) is 17.7. The molecule has 148 valence electrons. The van der Waals surface area contributed by atoms with Crippen LogP contribution in [0.3, 0.4) is 0 Å². The van der Waals surface area contributed by atoms with Crippen molar-refractivity contribution in [2.45, 2.75) is 129 Å². The molecule has 0 aromatic carbocycles. The van der Waals surface area contributed by atoms with Crippen molar-refractivity contribution < 1.29 is 4.74 Å². The molecule has 1 nitrogen and oxygen atoms in total. The van der Waals surface area contributed by atoms with Gasteiger partial charge in [0.25, 0.3) is 0 Å². The molecule has 25 heavy (non-hydrogen) atoms. The molecule has 2 aliphatic carbocycles. The van der Waals surface area contributed by atoms with Gasteiger partial charge in [-0.3, -0.25) is 0 Å². The number of hydrogen-bond acceptors (Lipinski definition) is 1. The molecule has 2 rings (SSSR count). The van der Waals surface area contributed by atoms with Crippen molar-refractivity contribution in [2.75, 3.05) is 6.61 Å². The van der Waals surface area contributed by atoms with Gasteiger partial charge in [0, 0.05) is 6.61 Å². The minimum Gasteiger partial charge on any atom is -0.378 e. The van der Waals surface area contributed by atoms with E-state index in [0.29, 0.717) is 6.10 Å². The van der Waals surface area contributed by atoms with Gasteiger partial charge in [0.1, 0.15) is 0 Å². The number of hydrogen-bond donors (Lipinski definition) is 0. The SMILES string of the molecule is CCCCCCCO[C@H]1CC[C@H]([C@H]2CC[C@H](CCCCC)CC2)CC1. The Hall–Kier alpha value is -0.0400. The van der Waals surface area contributed by atoms with Crippen molar-refractivity contribution in [3.8, 4) is 0 Å². The van der Waals surface area contributed by atoms with Gasteiger partial charge in [-0.15, -0.1) is 0 Å². The van der Waals surface area contributed by atoms with E-state index in [9.17, 15) is 0 Å². The molecule has 0 aromatic heterocycles. The van der Waals surface area contributed by atoms with E-state index < -0.39 is 0 Å². The monoisotopic (exact) mass is 350 g/mol. The Labute approximate surface area is 158 Å². The highest BCUT2D eigenvalue weighted by Gasteiger charge is 2.30. The molecule has 0 heterocycles. The summed E-state index contributed by atoms with van der Waals surface area (Å²) in [7, 11) is 0. The topological polar surface area (TPSA) is 9.23 Å². The maximum atomic E-state index is 6.17. The van der Waals surface area contributed by atoms with Gasteiger partial charge in [0.05, 0.1) is 6.10 Å². The van der Waals surface area contributed by atoms with E-state index in [-0.39, 0.29) is 0 Å². The van der Waals surface area contributed by atoms with Gasteiger partial charge >= 0.3 is 0 Å². The molecule has 0 unspecified atom stereocenters. The average molecular weight is 351 g/mol. The van der Waals surface area contributed by atoms with Gasteiger partial charge in [0.15, 0.2) is 0 Å². The lowest BCUT2D eigenvalue weighted by Crippen LogP contribution is -2.28. The summed E-state index contributed by atoms with van der Waals surface area (Å²) in [6, 6.07) is 0. The molecule has 0 aliphatic heterocycles. The quantitative estimate of drug-likeness (QED) is 0.325. The van der Waals surface area contributed by atoms with Crippen LogP contribution in [0.15, 0.2) is 0 Å². The summed E-state index contributed by atoms with van der Waals surface area (Å²) in [5, 5.41) is 0. The molecule has 0 radical (unpaired) electrons. The maximum absolute atomic E-state index is 6.17. The fraction of sp³-hybridized carbons (Fsp3) is 1.00. The van der Waals surface area contributed by atoms with Crippen LogP contribution in [0.25, 0.3) is 0 Å². The van der Waals surface area contributed by atoms with Gasteiger partial charge < -0.3 is 4.74 Å². The van der Waals surface area contributed by atoms with Crippen LogP contribution in [0.4, 0.5) is 0 Å². The van der Waals surface area contributed by atoms with E-state index in [1.165, 1.54) is 109 Å². The first-order valence-electron chi connectivity index (χ1n) is 11.9. The zero-order valence-corrected chi connectivity index (χ0v) is 17.4. The lowest BCUT2D eigenvalue weighted by molar-refractivity contribution is 0.00527. The van der Waals surface area contributed by atoms with Gasteiger partial charge in [0.2, 0.25) is 0 Å². The Bertz CT molecular complexity index is 297. The highest BCUT2D eigenvalue weighted by molar-refractivity contribution is 4.82. The fourth-order valence-corrected chi connectivity index (χ4v) is 5.31. The third-order valence-electron chi connectivity index (χ3n) is 7.09. The third kappa shape index (κ3) is 8.46. The van der Waals surface area contributed by atoms with Gasteiger partial charge in [-0.05, 0) is 62.7 Å². The van der Waals surface area contributed by atoms with Crippen molar-refractivity contribution in [1.82, 2.24) is 0 Å². The summed E-state index contributed by atoms with van der Waals surface area (Å²) in [6.45, 7) is 5.62. The standard InChI is InChI=1S/C24H46O/c1-3-5-7-8-10-20-25-24-18-16-23(17-19-24)22-14-12-21(13-15-22)11-9-6-4-2/h21-24H,3-20H2,1-2H3/t21-,22-,23-,24-. The molecule has 2 fully saturated rings. The molecular formula is C24H46O. The van der Waals surface area contributed by atoms with Crippen LogP contribution < -0.4 is 0 Å². The number of unbranched alkanes of at least 4 members (excludes halogenated alkanes) is 6. The summed E-state index contributed by atoms with van der Waals surface area (Å²) in [5.41, 5.74) is 0. The number of rotatable bonds is 12. The summed E-state index contributed by atoms with van der Waals surface area (Å²) in [5.74, 6) is 3.15. The smallest absolute Gasteiger partial charge is 0.0575 e. The first-order chi connectivity index (χ1) is 12.3. The minimum atomic E-state index is 0.591. The second kappa shape index (κ2) is 13.2. The van der Waals surface area contributed by atoms with Crippen molar-refractivity contribution in [2.24, 2.45) is 17.8 Å². The molecule has 0 saturated heterocycles. The fourth-order valence-electron chi connectivity index (χ4n) is 5.31. The van der Waals surface area contributed by atoms with E-state index in [0.717, 1.165) is 24.4 Å². The predicted octanol–water partition coefficient (Wildman–Crippen LogP) is 7.92. The third-order valence-corrected chi connectivity index (χ3v) is 7.09. The van der Waals surface area contributed by atoms with Crippen molar-refractivity contribution in [1.29, 1.82) is 0 Å². The van der Waals surface area contributed by atoms with Crippen molar-refractivity contribution in [3.05, 3.63) is 0 Å². The zero-order valence-electron chi connectivity index (χ0n) is 17.4. The summed E-state index contributed by atoms with van der Waals surface area (Å²) in [4.78, 5) is 0.